The molecule has 0 fully saturated rings. The lowest BCUT2D eigenvalue weighted by Crippen LogP contribution is -2.33. The molecular formula is C5H10F3O4PS. The molecule has 0 radical (unpaired) electrons. The zero-order valence-corrected chi connectivity index (χ0v) is 9.28. The van der Waals surface area contributed by atoms with Gasteiger partial charge in [-0.15, -0.1) is 0 Å². The van der Waals surface area contributed by atoms with Crippen molar-refractivity contribution in [3.05, 3.63) is 0 Å². The van der Waals surface area contributed by atoms with Crippen LogP contribution >= 0.6 is 8.03 Å². The van der Waals surface area contributed by atoms with E-state index in [4.69, 9.17) is 0 Å². The lowest BCUT2D eigenvalue weighted by atomic mass is 10.8. The van der Waals surface area contributed by atoms with E-state index in [0.717, 1.165) is 0 Å². The summed E-state index contributed by atoms with van der Waals surface area (Å²) in [4.78, 5) is -2.90. The number of hydrogen-bond acceptors (Lipinski definition) is 4. The summed E-state index contributed by atoms with van der Waals surface area (Å²) in [5, 5.41) is 0. The van der Waals surface area contributed by atoms with Crippen LogP contribution in [0.15, 0.2) is 0 Å². The predicted octanol–water partition coefficient (Wildman–Crippen LogP) is 1.43. The number of sulfone groups is 1. The topological polar surface area (TPSA) is 60.4 Å². The van der Waals surface area contributed by atoms with Gasteiger partial charge < -0.3 is 4.52 Å². The summed E-state index contributed by atoms with van der Waals surface area (Å²) >= 11 is 0. The predicted molar refractivity (Wildman–Crippen MR) is 45.3 cm³/mol. The van der Waals surface area contributed by atoms with Gasteiger partial charge in [0.2, 0.25) is 13.0 Å². The van der Waals surface area contributed by atoms with Crippen molar-refractivity contribution in [2.45, 2.75) is 18.1 Å². The van der Waals surface area contributed by atoms with Crippen molar-refractivity contribution in [1.82, 2.24) is 0 Å². The van der Waals surface area contributed by atoms with Crippen molar-refractivity contribution in [1.29, 1.82) is 0 Å². The van der Waals surface area contributed by atoms with Crippen molar-refractivity contribution < 1.29 is 30.7 Å². The molecule has 0 saturated carbocycles. The van der Waals surface area contributed by atoms with E-state index in [2.05, 4.69) is 4.52 Å². The van der Waals surface area contributed by atoms with Crippen LogP contribution in [0.25, 0.3) is 0 Å². The molecule has 0 bridgehead atoms. The van der Waals surface area contributed by atoms with Gasteiger partial charge in [-0.05, 0) is 6.92 Å². The Labute approximate surface area is 80.2 Å². The van der Waals surface area contributed by atoms with E-state index in [0.29, 0.717) is 6.26 Å². The van der Waals surface area contributed by atoms with E-state index in [-0.39, 0.29) is 6.61 Å². The van der Waals surface area contributed by atoms with Crippen LogP contribution in [-0.4, -0.2) is 32.4 Å². The molecule has 0 rings (SSSR count). The normalized spacial score (nSPS) is 17.8. The molecule has 4 nitrogen and oxygen atoms in total. The fourth-order valence-electron chi connectivity index (χ4n) is 0.769. The molecule has 0 heterocycles. The molecule has 0 aromatic carbocycles. The summed E-state index contributed by atoms with van der Waals surface area (Å²) in [7, 11) is -8.12. The van der Waals surface area contributed by atoms with Gasteiger partial charge in [-0.3, -0.25) is 4.57 Å². The zero-order valence-electron chi connectivity index (χ0n) is 7.46. The van der Waals surface area contributed by atoms with Gasteiger partial charge in [0.05, 0.1) is 6.61 Å². The third-order valence-electron chi connectivity index (χ3n) is 1.23. The first-order valence-corrected chi connectivity index (χ1v) is 6.87. The third kappa shape index (κ3) is 3.98. The van der Waals surface area contributed by atoms with Crippen LogP contribution in [0.5, 0.6) is 0 Å². The molecule has 0 N–H and O–H groups in total. The Morgan fingerprint density at radius 2 is 1.86 bits per heavy atom. The Morgan fingerprint density at radius 3 is 2.07 bits per heavy atom. The molecule has 0 aliphatic rings. The SMILES string of the molecule is CCO[PH](=O)C(C(F)(F)F)S(C)(=O)=O. The molecule has 0 amide bonds. The Morgan fingerprint density at radius 1 is 1.43 bits per heavy atom. The minimum absolute atomic E-state index is 0.222. The maximum atomic E-state index is 12.2. The smallest absolute Gasteiger partial charge is 0.330 e. The monoisotopic (exact) mass is 254 g/mol. The van der Waals surface area contributed by atoms with Crippen LogP contribution in [0, 0.1) is 0 Å². The van der Waals surface area contributed by atoms with Crippen LogP contribution in [0.2, 0.25) is 0 Å². The minimum Gasteiger partial charge on any atom is -0.330 e. The fraction of sp³-hybridized carbons (Fsp3) is 1.00. The molecule has 9 heteroatoms. The largest absolute Gasteiger partial charge is 0.414 e. The third-order valence-corrected chi connectivity index (χ3v) is 5.54. The highest BCUT2D eigenvalue weighted by molar-refractivity contribution is 7.96. The molecule has 2 unspecified atom stereocenters. The molecule has 0 aliphatic carbocycles. The maximum Gasteiger partial charge on any atom is 0.414 e. The van der Waals surface area contributed by atoms with Gasteiger partial charge in [-0.2, -0.15) is 13.2 Å². The highest BCUT2D eigenvalue weighted by atomic mass is 32.2. The van der Waals surface area contributed by atoms with Crippen LogP contribution in [0.3, 0.4) is 0 Å². The Bertz CT molecular complexity index is 309. The molecule has 0 aliphatic heterocycles. The van der Waals surface area contributed by atoms with Crippen LogP contribution in [0.4, 0.5) is 13.2 Å². The fourth-order valence-corrected chi connectivity index (χ4v) is 3.56. The Hall–Kier alpha value is -0.0700. The number of halogens is 3. The standard InChI is InChI=1S/C5H10F3O4PS/c1-3-12-13(9)4(5(6,7)8)14(2,10)11/h4,13H,3H2,1-2H3. The van der Waals surface area contributed by atoms with Gasteiger partial charge in [0.15, 0.2) is 9.84 Å². The number of hydrogen-bond donors (Lipinski definition) is 0. The second-order valence-electron chi connectivity index (χ2n) is 2.50. The van der Waals surface area contributed by atoms with E-state index in [1.165, 1.54) is 6.92 Å². The van der Waals surface area contributed by atoms with Crippen molar-refractivity contribution in [3.8, 4) is 0 Å². The Kier molecular flexibility index (Phi) is 4.61. The molecule has 0 spiro atoms. The first kappa shape index (κ1) is 13.9. The van der Waals surface area contributed by atoms with Gasteiger partial charge in [-0.25, -0.2) is 8.42 Å². The zero-order chi connectivity index (χ0) is 11.6. The molecular weight excluding hydrogens is 244 g/mol. The van der Waals surface area contributed by atoms with Gasteiger partial charge in [0, 0.05) is 6.26 Å². The summed E-state index contributed by atoms with van der Waals surface area (Å²) in [6.07, 6.45) is -4.68. The van der Waals surface area contributed by atoms with E-state index in [9.17, 15) is 26.2 Å². The van der Waals surface area contributed by atoms with Crippen LogP contribution in [0.1, 0.15) is 6.92 Å². The second kappa shape index (κ2) is 4.63. The van der Waals surface area contributed by atoms with Gasteiger partial charge in [0.1, 0.15) is 0 Å². The summed E-state index contributed by atoms with van der Waals surface area (Å²) < 4.78 is 73.0. The maximum absolute atomic E-state index is 12.2. The van der Waals surface area contributed by atoms with Crippen molar-refractivity contribution >= 4 is 17.9 Å². The molecule has 14 heavy (non-hydrogen) atoms. The highest BCUT2D eigenvalue weighted by Crippen LogP contribution is 2.43. The first-order chi connectivity index (χ1) is 6.10. The molecule has 86 valence electrons. The van der Waals surface area contributed by atoms with Gasteiger partial charge in [-0.1, -0.05) is 0 Å². The van der Waals surface area contributed by atoms with E-state index >= 15 is 0 Å². The number of rotatable bonds is 4. The lowest BCUT2D eigenvalue weighted by Gasteiger charge is -2.17. The molecule has 0 aromatic rings. The van der Waals surface area contributed by atoms with Crippen molar-refractivity contribution in [3.63, 3.8) is 0 Å². The van der Waals surface area contributed by atoms with Crippen molar-refractivity contribution in [2.75, 3.05) is 12.9 Å². The average Bonchev–Trinajstić information content (AvgIpc) is 1.78. The highest BCUT2D eigenvalue weighted by Gasteiger charge is 2.51. The minimum atomic E-state index is -5.06. The van der Waals surface area contributed by atoms with E-state index in [1.54, 1.807) is 0 Å². The quantitative estimate of drug-likeness (QED) is 0.712. The average molecular weight is 254 g/mol. The summed E-state index contributed by atoms with van der Waals surface area (Å²) in [5.74, 6) is 0. The lowest BCUT2D eigenvalue weighted by molar-refractivity contribution is -0.116. The first-order valence-electron chi connectivity index (χ1n) is 3.53. The molecule has 0 aromatic heterocycles. The van der Waals surface area contributed by atoms with E-state index in [1.807, 2.05) is 0 Å². The summed E-state index contributed by atoms with van der Waals surface area (Å²) in [5.41, 5.74) is 0. The van der Waals surface area contributed by atoms with E-state index < -0.39 is 29.0 Å². The van der Waals surface area contributed by atoms with Crippen LogP contribution < -0.4 is 0 Å². The van der Waals surface area contributed by atoms with Crippen molar-refractivity contribution in [2.24, 2.45) is 0 Å². The molecule has 0 saturated heterocycles. The summed E-state index contributed by atoms with van der Waals surface area (Å²) in [6, 6.07) is 0. The van der Waals surface area contributed by atoms with Gasteiger partial charge in [0.25, 0.3) is 0 Å². The molecule has 2 atom stereocenters. The van der Waals surface area contributed by atoms with Crippen LogP contribution in [-0.2, 0) is 18.9 Å². The second-order valence-corrected chi connectivity index (χ2v) is 6.56. The summed E-state index contributed by atoms with van der Waals surface area (Å²) in [6.45, 7) is 1.11. The Balaban J connectivity index is 5.05. The number of alkyl halides is 3. The van der Waals surface area contributed by atoms with Gasteiger partial charge >= 0.3 is 6.18 Å².